The topological polar surface area (TPSA) is 73.1 Å². The minimum absolute atomic E-state index is 0.152. The number of alkyl halides is 3. The normalized spacial score (nSPS) is 12.8. The molecule has 0 saturated carbocycles. The van der Waals surface area contributed by atoms with Gasteiger partial charge in [-0.25, -0.2) is 10.8 Å². The molecule has 0 spiro atoms. The first-order chi connectivity index (χ1) is 10.3. The quantitative estimate of drug-likeness (QED) is 0.670. The van der Waals surface area contributed by atoms with Crippen molar-refractivity contribution >= 4 is 5.82 Å². The Kier molecular flexibility index (Phi) is 4.51. The molecule has 2 aromatic rings. The molecule has 0 saturated heterocycles. The van der Waals surface area contributed by atoms with Crippen molar-refractivity contribution in [2.24, 2.45) is 5.84 Å². The molecule has 1 unspecified atom stereocenters. The zero-order valence-corrected chi connectivity index (χ0v) is 12.0. The van der Waals surface area contributed by atoms with Gasteiger partial charge >= 0.3 is 6.18 Å². The van der Waals surface area contributed by atoms with Gasteiger partial charge in [0.1, 0.15) is 5.75 Å². The molecule has 0 aliphatic rings. The van der Waals surface area contributed by atoms with Crippen molar-refractivity contribution in [2.75, 3.05) is 5.43 Å². The Morgan fingerprint density at radius 2 is 1.95 bits per heavy atom. The van der Waals surface area contributed by atoms with E-state index in [1.807, 2.05) is 0 Å². The van der Waals surface area contributed by atoms with Crippen molar-refractivity contribution in [3.05, 3.63) is 36.2 Å². The molecule has 0 radical (unpaired) electrons. The lowest BCUT2D eigenvalue weighted by Crippen LogP contribution is -2.31. The van der Waals surface area contributed by atoms with Gasteiger partial charge in [0, 0.05) is 5.56 Å². The van der Waals surface area contributed by atoms with E-state index in [2.05, 4.69) is 15.4 Å². The number of nitrogens with two attached hydrogens (primary N) is 1. The molecule has 5 nitrogen and oxygen atoms in total. The number of halogens is 3. The smallest absolute Gasteiger partial charge is 0.425 e. The number of aromatic nitrogens is 2. The summed E-state index contributed by atoms with van der Waals surface area (Å²) in [5, 5.41) is 0. The fourth-order valence-electron chi connectivity index (χ4n) is 1.81. The van der Waals surface area contributed by atoms with Crippen LogP contribution >= 0.6 is 0 Å². The zero-order valence-electron chi connectivity index (χ0n) is 12.0. The summed E-state index contributed by atoms with van der Waals surface area (Å²) in [5.41, 5.74) is 4.44. The van der Waals surface area contributed by atoms with Gasteiger partial charge in [-0.3, -0.25) is 4.98 Å². The van der Waals surface area contributed by atoms with Crippen LogP contribution in [0.3, 0.4) is 0 Å². The summed E-state index contributed by atoms with van der Waals surface area (Å²) in [4.78, 5) is 8.22. The molecule has 0 aliphatic heterocycles. The van der Waals surface area contributed by atoms with Crippen LogP contribution in [0, 0.1) is 6.92 Å². The average molecular weight is 312 g/mol. The zero-order chi connectivity index (χ0) is 16.3. The molecule has 1 atom stereocenters. The molecule has 22 heavy (non-hydrogen) atoms. The van der Waals surface area contributed by atoms with Crippen molar-refractivity contribution in [1.82, 2.24) is 9.97 Å². The molecular formula is C14H15F3N4O. The SMILES string of the molecule is Cc1cc(OC(C)C(F)(F)F)ccc1-c1cnc(NN)cn1. The van der Waals surface area contributed by atoms with Crippen molar-refractivity contribution in [3.63, 3.8) is 0 Å². The molecule has 1 heterocycles. The second kappa shape index (κ2) is 6.18. The molecule has 2 rings (SSSR count). The van der Waals surface area contributed by atoms with Gasteiger partial charge in [-0.15, -0.1) is 0 Å². The number of nitrogens with zero attached hydrogens (tertiary/aromatic N) is 2. The van der Waals surface area contributed by atoms with Crippen molar-refractivity contribution in [2.45, 2.75) is 26.1 Å². The lowest BCUT2D eigenvalue weighted by atomic mass is 10.1. The van der Waals surface area contributed by atoms with Gasteiger partial charge < -0.3 is 10.2 Å². The van der Waals surface area contributed by atoms with E-state index in [1.54, 1.807) is 13.0 Å². The highest BCUT2D eigenvalue weighted by Crippen LogP contribution is 2.29. The third-order valence-corrected chi connectivity index (χ3v) is 3.05. The number of nitrogen functional groups attached to an aromatic ring is 1. The Balaban J connectivity index is 2.22. The summed E-state index contributed by atoms with van der Waals surface area (Å²) >= 11 is 0. The number of benzene rings is 1. The highest BCUT2D eigenvalue weighted by atomic mass is 19.4. The van der Waals surface area contributed by atoms with Crippen molar-refractivity contribution in [1.29, 1.82) is 0 Å². The summed E-state index contributed by atoms with van der Waals surface area (Å²) in [6.07, 6.45) is -3.28. The monoisotopic (exact) mass is 312 g/mol. The van der Waals surface area contributed by atoms with Crippen LogP contribution in [0.15, 0.2) is 30.6 Å². The summed E-state index contributed by atoms with van der Waals surface area (Å²) in [6, 6.07) is 4.66. The maximum absolute atomic E-state index is 12.5. The Morgan fingerprint density at radius 1 is 1.23 bits per heavy atom. The predicted octanol–water partition coefficient (Wildman–Crippen LogP) is 3.07. The number of anilines is 1. The van der Waals surface area contributed by atoms with Crippen LogP contribution in [0.4, 0.5) is 19.0 Å². The third-order valence-electron chi connectivity index (χ3n) is 3.05. The van der Waals surface area contributed by atoms with E-state index in [9.17, 15) is 13.2 Å². The number of nitrogens with one attached hydrogen (secondary N) is 1. The molecule has 0 aliphatic carbocycles. The molecular weight excluding hydrogens is 297 g/mol. The van der Waals surface area contributed by atoms with E-state index in [0.717, 1.165) is 18.1 Å². The lowest BCUT2D eigenvalue weighted by molar-refractivity contribution is -0.189. The van der Waals surface area contributed by atoms with Crippen LogP contribution in [0.1, 0.15) is 12.5 Å². The minimum Gasteiger partial charge on any atom is -0.481 e. The summed E-state index contributed by atoms with van der Waals surface area (Å²) in [5.74, 6) is 5.78. The average Bonchev–Trinajstić information content (AvgIpc) is 2.46. The second-order valence-electron chi connectivity index (χ2n) is 4.71. The number of hydrogen-bond acceptors (Lipinski definition) is 5. The Bertz CT molecular complexity index is 644. The van der Waals surface area contributed by atoms with Gasteiger partial charge in [-0.2, -0.15) is 13.2 Å². The largest absolute Gasteiger partial charge is 0.481 e. The van der Waals surface area contributed by atoms with Gasteiger partial charge in [-0.05, 0) is 37.6 Å². The molecule has 0 amide bonds. The molecule has 1 aromatic heterocycles. The molecule has 8 heteroatoms. The number of hydrogen-bond donors (Lipinski definition) is 2. The van der Waals surface area contributed by atoms with Gasteiger partial charge in [0.25, 0.3) is 0 Å². The Morgan fingerprint density at radius 3 is 2.45 bits per heavy atom. The number of hydrazine groups is 1. The molecule has 0 bridgehead atoms. The van der Waals surface area contributed by atoms with E-state index in [0.29, 0.717) is 11.5 Å². The third kappa shape index (κ3) is 3.64. The molecule has 3 N–H and O–H groups in total. The van der Waals surface area contributed by atoms with Crippen molar-refractivity contribution < 1.29 is 17.9 Å². The van der Waals surface area contributed by atoms with Gasteiger partial charge in [0.05, 0.1) is 18.1 Å². The molecule has 0 fully saturated rings. The summed E-state index contributed by atoms with van der Waals surface area (Å²) in [6.45, 7) is 2.73. The van der Waals surface area contributed by atoms with Crippen LogP contribution in [0.25, 0.3) is 11.3 Å². The van der Waals surface area contributed by atoms with Crippen LogP contribution in [-0.2, 0) is 0 Å². The number of rotatable bonds is 4. The van der Waals surface area contributed by atoms with Crippen LogP contribution in [0.2, 0.25) is 0 Å². The fourth-order valence-corrected chi connectivity index (χ4v) is 1.81. The fraction of sp³-hybridized carbons (Fsp3) is 0.286. The molecule has 118 valence electrons. The van der Waals surface area contributed by atoms with Crippen molar-refractivity contribution in [3.8, 4) is 17.0 Å². The standard InChI is InChI=1S/C14H15F3N4O/c1-8-5-10(22-9(2)14(15,16)17)3-4-11(8)12-6-20-13(21-18)7-19-12/h3-7,9H,18H2,1-2H3,(H,20,21). The van der Waals surface area contributed by atoms with E-state index in [-0.39, 0.29) is 5.75 Å². The first-order valence-corrected chi connectivity index (χ1v) is 6.44. The van der Waals surface area contributed by atoms with Crippen LogP contribution in [0.5, 0.6) is 5.75 Å². The van der Waals surface area contributed by atoms with E-state index < -0.39 is 12.3 Å². The van der Waals surface area contributed by atoms with Gasteiger partial charge in [0.15, 0.2) is 11.9 Å². The van der Waals surface area contributed by atoms with Crippen LogP contribution in [-0.4, -0.2) is 22.2 Å². The maximum atomic E-state index is 12.5. The first-order valence-electron chi connectivity index (χ1n) is 6.44. The highest BCUT2D eigenvalue weighted by Gasteiger charge is 2.38. The summed E-state index contributed by atoms with van der Waals surface area (Å²) in [7, 11) is 0. The van der Waals surface area contributed by atoms with E-state index in [1.165, 1.54) is 24.5 Å². The van der Waals surface area contributed by atoms with E-state index >= 15 is 0 Å². The predicted molar refractivity (Wildman–Crippen MR) is 76.2 cm³/mol. The number of aryl methyl sites for hydroxylation is 1. The maximum Gasteiger partial charge on any atom is 0.425 e. The van der Waals surface area contributed by atoms with Gasteiger partial charge in [0.2, 0.25) is 0 Å². The Hall–Kier alpha value is -2.35. The Labute approximate surface area is 125 Å². The van der Waals surface area contributed by atoms with E-state index in [4.69, 9.17) is 10.6 Å². The summed E-state index contributed by atoms with van der Waals surface area (Å²) < 4.78 is 42.4. The second-order valence-corrected chi connectivity index (χ2v) is 4.71. The lowest BCUT2D eigenvalue weighted by Gasteiger charge is -2.18. The van der Waals surface area contributed by atoms with Crippen LogP contribution < -0.4 is 16.0 Å². The number of ether oxygens (including phenoxy) is 1. The molecule has 1 aromatic carbocycles. The first kappa shape index (κ1) is 16.0. The minimum atomic E-state index is -4.40. The van der Waals surface area contributed by atoms with Gasteiger partial charge in [-0.1, -0.05) is 0 Å². The highest BCUT2D eigenvalue weighted by molar-refractivity contribution is 5.64.